The Kier molecular flexibility index (Phi) is 3.48. The first kappa shape index (κ1) is 14.2. The summed E-state index contributed by atoms with van der Waals surface area (Å²) in [5.74, 6) is 0. The fraction of sp³-hybridized carbons (Fsp3) is 0.176. The Morgan fingerprint density at radius 3 is 2.96 bits per heavy atom. The molecule has 0 saturated carbocycles. The standard InChI is InChI=1S/C17H16N4OS/c1-2-18-9-13-8-16-19-20-17(22)21(16)15-7-11(3-4-14(13)15)12-5-6-23-10-12/h3-8,10,18H,2,9H2,1H3,(H,20,22). The largest absolute Gasteiger partial charge is 0.348 e. The molecule has 3 aromatic heterocycles. The number of aromatic nitrogens is 3. The SMILES string of the molecule is CCNCc1cc2n[nH]c(=O)n2c2cc(-c3ccsc3)ccc12. The Morgan fingerprint density at radius 2 is 2.17 bits per heavy atom. The number of rotatable bonds is 4. The molecule has 0 saturated heterocycles. The van der Waals surface area contributed by atoms with E-state index in [1.54, 1.807) is 15.7 Å². The van der Waals surface area contributed by atoms with Gasteiger partial charge in [0, 0.05) is 11.9 Å². The first-order valence-electron chi connectivity index (χ1n) is 7.54. The van der Waals surface area contributed by atoms with E-state index >= 15 is 0 Å². The highest BCUT2D eigenvalue weighted by Gasteiger charge is 2.11. The summed E-state index contributed by atoms with van der Waals surface area (Å²) in [5.41, 5.74) is 4.75. The Bertz CT molecular complexity index is 1030. The van der Waals surface area contributed by atoms with Gasteiger partial charge >= 0.3 is 5.69 Å². The van der Waals surface area contributed by atoms with Crippen molar-refractivity contribution in [2.24, 2.45) is 0 Å². The Morgan fingerprint density at radius 1 is 1.26 bits per heavy atom. The third-order valence-electron chi connectivity index (χ3n) is 4.01. The molecule has 0 aliphatic heterocycles. The van der Waals surface area contributed by atoms with E-state index in [0.717, 1.165) is 35.1 Å². The molecule has 23 heavy (non-hydrogen) atoms. The maximum atomic E-state index is 12.1. The van der Waals surface area contributed by atoms with Crippen molar-refractivity contribution in [2.75, 3.05) is 6.54 Å². The van der Waals surface area contributed by atoms with E-state index in [-0.39, 0.29) is 5.69 Å². The molecule has 0 bridgehead atoms. The van der Waals surface area contributed by atoms with Crippen LogP contribution in [0.3, 0.4) is 0 Å². The Balaban J connectivity index is 2.03. The minimum atomic E-state index is -0.206. The van der Waals surface area contributed by atoms with Crippen LogP contribution in [0, 0.1) is 0 Å². The van der Waals surface area contributed by atoms with Crippen LogP contribution in [0.25, 0.3) is 27.7 Å². The van der Waals surface area contributed by atoms with E-state index in [0.29, 0.717) is 5.65 Å². The van der Waals surface area contributed by atoms with Crippen molar-refractivity contribution in [1.82, 2.24) is 19.9 Å². The summed E-state index contributed by atoms with van der Waals surface area (Å²) in [5, 5.41) is 15.3. The molecule has 0 aliphatic carbocycles. The zero-order chi connectivity index (χ0) is 15.8. The molecule has 0 radical (unpaired) electrons. The monoisotopic (exact) mass is 324 g/mol. The summed E-state index contributed by atoms with van der Waals surface area (Å²) in [6, 6.07) is 10.3. The van der Waals surface area contributed by atoms with Crippen molar-refractivity contribution in [1.29, 1.82) is 0 Å². The summed E-state index contributed by atoms with van der Waals surface area (Å²) in [6.07, 6.45) is 0. The zero-order valence-electron chi connectivity index (χ0n) is 12.7. The van der Waals surface area contributed by atoms with Gasteiger partial charge in [-0.2, -0.15) is 16.4 Å². The predicted octanol–water partition coefficient (Wildman–Crippen LogP) is 3.01. The first-order valence-corrected chi connectivity index (χ1v) is 8.48. The van der Waals surface area contributed by atoms with Crippen LogP contribution >= 0.6 is 11.3 Å². The van der Waals surface area contributed by atoms with E-state index in [2.05, 4.69) is 57.5 Å². The number of hydrogen-bond acceptors (Lipinski definition) is 4. The maximum absolute atomic E-state index is 12.1. The third kappa shape index (κ3) is 2.36. The number of hydrogen-bond donors (Lipinski definition) is 2. The molecular weight excluding hydrogens is 308 g/mol. The number of nitrogens with zero attached hydrogens (tertiary/aromatic N) is 2. The number of pyridine rings is 1. The molecule has 0 atom stereocenters. The molecule has 1 aromatic carbocycles. The molecule has 6 heteroatoms. The molecule has 0 fully saturated rings. The van der Waals surface area contributed by atoms with E-state index in [1.807, 2.05) is 6.07 Å². The highest BCUT2D eigenvalue weighted by molar-refractivity contribution is 7.08. The smallest absolute Gasteiger partial charge is 0.313 e. The van der Waals surface area contributed by atoms with Gasteiger partial charge in [-0.05, 0) is 52.2 Å². The van der Waals surface area contributed by atoms with Gasteiger partial charge in [0.15, 0.2) is 5.65 Å². The van der Waals surface area contributed by atoms with E-state index in [1.165, 1.54) is 5.56 Å². The van der Waals surface area contributed by atoms with Crippen molar-refractivity contribution >= 4 is 27.9 Å². The summed E-state index contributed by atoms with van der Waals surface area (Å²) < 4.78 is 1.64. The van der Waals surface area contributed by atoms with Gasteiger partial charge in [-0.25, -0.2) is 14.3 Å². The number of benzene rings is 1. The number of nitrogens with one attached hydrogen (secondary N) is 2. The van der Waals surface area contributed by atoms with Crippen LogP contribution in [-0.4, -0.2) is 21.1 Å². The van der Waals surface area contributed by atoms with Gasteiger partial charge in [0.25, 0.3) is 0 Å². The molecule has 2 N–H and O–H groups in total. The lowest BCUT2D eigenvalue weighted by molar-refractivity contribution is 0.730. The second-order valence-corrected chi connectivity index (χ2v) is 6.20. The minimum absolute atomic E-state index is 0.206. The molecule has 0 unspecified atom stereocenters. The van der Waals surface area contributed by atoms with E-state index in [9.17, 15) is 4.79 Å². The quantitative estimate of drug-likeness (QED) is 0.606. The second kappa shape index (κ2) is 5.64. The van der Waals surface area contributed by atoms with Gasteiger partial charge in [0.1, 0.15) is 0 Å². The average molecular weight is 324 g/mol. The fourth-order valence-electron chi connectivity index (χ4n) is 2.87. The Labute approximate surface area is 136 Å². The number of aromatic amines is 1. The van der Waals surface area contributed by atoms with Crippen molar-refractivity contribution in [2.45, 2.75) is 13.5 Å². The van der Waals surface area contributed by atoms with Crippen LogP contribution in [0.1, 0.15) is 12.5 Å². The van der Waals surface area contributed by atoms with E-state index in [4.69, 9.17) is 0 Å². The maximum Gasteiger partial charge on any atom is 0.348 e. The van der Waals surface area contributed by atoms with Gasteiger partial charge < -0.3 is 5.32 Å². The van der Waals surface area contributed by atoms with Crippen LogP contribution in [0.15, 0.2) is 45.9 Å². The number of H-pyrrole nitrogens is 1. The van der Waals surface area contributed by atoms with Crippen LogP contribution < -0.4 is 11.0 Å². The van der Waals surface area contributed by atoms with Gasteiger partial charge in [-0.1, -0.05) is 19.1 Å². The summed E-state index contributed by atoms with van der Waals surface area (Å²) in [6.45, 7) is 3.73. The lowest BCUT2D eigenvalue weighted by atomic mass is 10.0. The molecular formula is C17H16N4OS. The van der Waals surface area contributed by atoms with Crippen LogP contribution in [-0.2, 0) is 6.54 Å². The van der Waals surface area contributed by atoms with Gasteiger partial charge in [-0.15, -0.1) is 0 Å². The molecule has 0 amide bonds. The molecule has 5 nitrogen and oxygen atoms in total. The first-order chi connectivity index (χ1) is 11.3. The zero-order valence-corrected chi connectivity index (χ0v) is 13.5. The topological polar surface area (TPSA) is 62.2 Å². The van der Waals surface area contributed by atoms with Crippen molar-refractivity contribution in [3.8, 4) is 11.1 Å². The van der Waals surface area contributed by atoms with Crippen molar-refractivity contribution in [3.05, 3.63) is 57.1 Å². The lowest BCUT2D eigenvalue weighted by Crippen LogP contribution is -2.14. The van der Waals surface area contributed by atoms with Crippen molar-refractivity contribution < 1.29 is 0 Å². The molecule has 4 rings (SSSR count). The molecule has 116 valence electrons. The summed E-state index contributed by atoms with van der Waals surface area (Å²) in [7, 11) is 0. The van der Waals surface area contributed by atoms with Crippen LogP contribution in [0.2, 0.25) is 0 Å². The minimum Gasteiger partial charge on any atom is -0.313 e. The fourth-order valence-corrected chi connectivity index (χ4v) is 3.54. The molecule has 3 heterocycles. The van der Waals surface area contributed by atoms with E-state index < -0.39 is 0 Å². The van der Waals surface area contributed by atoms with Gasteiger partial charge in [0.05, 0.1) is 5.52 Å². The predicted molar refractivity (Wildman–Crippen MR) is 94.0 cm³/mol. The van der Waals surface area contributed by atoms with Gasteiger partial charge in [-0.3, -0.25) is 0 Å². The van der Waals surface area contributed by atoms with Gasteiger partial charge in [0.2, 0.25) is 0 Å². The third-order valence-corrected chi connectivity index (χ3v) is 4.69. The highest BCUT2D eigenvalue weighted by atomic mass is 32.1. The normalized spacial score (nSPS) is 11.5. The number of thiophene rings is 1. The van der Waals surface area contributed by atoms with Crippen LogP contribution in [0.5, 0.6) is 0 Å². The average Bonchev–Trinajstić information content (AvgIpc) is 3.22. The van der Waals surface area contributed by atoms with Crippen LogP contribution in [0.4, 0.5) is 0 Å². The van der Waals surface area contributed by atoms with Crippen molar-refractivity contribution in [3.63, 3.8) is 0 Å². The lowest BCUT2D eigenvalue weighted by Gasteiger charge is -2.10. The second-order valence-electron chi connectivity index (χ2n) is 5.42. The Hall–Kier alpha value is -2.44. The molecule has 4 aromatic rings. The summed E-state index contributed by atoms with van der Waals surface area (Å²) >= 11 is 1.67. The summed E-state index contributed by atoms with van der Waals surface area (Å²) in [4.78, 5) is 12.1. The molecule has 0 spiro atoms. The highest BCUT2D eigenvalue weighted by Crippen LogP contribution is 2.28. The number of fused-ring (bicyclic) bond motifs is 3. The molecule has 0 aliphatic rings.